The highest BCUT2D eigenvalue weighted by Crippen LogP contribution is 2.27. The Morgan fingerprint density at radius 2 is 1.84 bits per heavy atom. The van der Waals surface area contributed by atoms with E-state index in [2.05, 4.69) is 26.2 Å². The molecule has 100 valence electrons. The second-order valence-corrected chi connectivity index (χ2v) is 6.15. The number of halogens is 1. The summed E-state index contributed by atoms with van der Waals surface area (Å²) in [4.78, 5) is 11.2. The van der Waals surface area contributed by atoms with Gasteiger partial charge in [-0.25, -0.2) is 9.48 Å². The monoisotopic (exact) mass is 323 g/mol. The maximum atomic E-state index is 11.2. The van der Waals surface area contributed by atoms with E-state index in [0.29, 0.717) is 5.69 Å². The van der Waals surface area contributed by atoms with Crippen LogP contribution in [0.5, 0.6) is 0 Å². The molecule has 1 heterocycles. The Hall–Kier alpha value is -1.69. The van der Waals surface area contributed by atoms with Crippen molar-refractivity contribution in [2.24, 2.45) is 0 Å². The minimum Gasteiger partial charge on any atom is -0.476 e. The molecule has 5 nitrogen and oxygen atoms in total. The average Bonchev–Trinajstić information content (AvgIpc) is 2.74. The van der Waals surface area contributed by atoms with Crippen LogP contribution < -0.4 is 0 Å². The molecule has 0 radical (unpaired) electrons. The van der Waals surface area contributed by atoms with Gasteiger partial charge in [0.2, 0.25) is 0 Å². The second-order valence-electron chi connectivity index (χ2n) is 5.23. The van der Waals surface area contributed by atoms with Crippen LogP contribution in [-0.4, -0.2) is 26.1 Å². The van der Waals surface area contributed by atoms with Gasteiger partial charge >= 0.3 is 5.97 Å². The first-order valence-electron chi connectivity index (χ1n) is 5.76. The van der Waals surface area contributed by atoms with Gasteiger partial charge in [-0.15, -0.1) is 5.10 Å². The van der Waals surface area contributed by atoms with Crippen molar-refractivity contribution >= 4 is 21.9 Å². The highest BCUT2D eigenvalue weighted by molar-refractivity contribution is 9.10. The normalized spacial score (nSPS) is 11.6. The zero-order valence-electron chi connectivity index (χ0n) is 10.9. The van der Waals surface area contributed by atoms with Crippen LogP contribution in [0.15, 0.2) is 28.7 Å². The van der Waals surface area contributed by atoms with Gasteiger partial charge in [-0.2, -0.15) is 0 Å². The summed E-state index contributed by atoms with van der Waals surface area (Å²) in [7, 11) is 0. The molecule has 0 saturated heterocycles. The molecular formula is C13H14BrN3O2. The zero-order chi connectivity index (χ0) is 14.2. The summed E-state index contributed by atoms with van der Waals surface area (Å²) >= 11 is 3.37. The molecule has 2 aromatic rings. The lowest BCUT2D eigenvalue weighted by Crippen LogP contribution is -2.21. The number of hydrogen-bond acceptors (Lipinski definition) is 3. The van der Waals surface area contributed by atoms with E-state index in [4.69, 9.17) is 0 Å². The summed E-state index contributed by atoms with van der Waals surface area (Å²) in [5.41, 5.74) is 0.996. The molecule has 0 unspecified atom stereocenters. The van der Waals surface area contributed by atoms with Crippen molar-refractivity contribution in [3.63, 3.8) is 0 Å². The molecule has 0 saturated carbocycles. The molecule has 0 spiro atoms. The van der Waals surface area contributed by atoms with E-state index in [1.165, 1.54) is 0 Å². The molecule has 0 atom stereocenters. The zero-order valence-corrected chi connectivity index (χ0v) is 12.5. The lowest BCUT2D eigenvalue weighted by atomic mass is 9.90. The Bertz CT molecular complexity index is 612. The van der Waals surface area contributed by atoms with Gasteiger partial charge in [0, 0.05) is 9.89 Å². The molecule has 2 rings (SSSR count). The highest BCUT2D eigenvalue weighted by atomic mass is 79.9. The van der Waals surface area contributed by atoms with Gasteiger partial charge in [0.1, 0.15) is 0 Å². The average molecular weight is 324 g/mol. The molecule has 0 fully saturated rings. The summed E-state index contributed by atoms with van der Waals surface area (Å²) in [5, 5.41) is 17.0. The maximum Gasteiger partial charge on any atom is 0.358 e. The molecule has 1 aromatic carbocycles. The predicted molar refractivity (Wildman–Crippen MR) is 74.7 cm³/mol. The highest BCUT2D eigenvalue weighted by Gasteiger charge is 2.29. The number of benzene rings is 1. The number of carbonyl (C=O) groups is 1. The first-order chi connectivity index (χ1) is 8.80. The molecule has 6 heteroatoms. The minimum atomic E-state index is -1.06. The van der Waals surface area contributed by atoms with Crippen molar-refractivity contribution in [1.82, 2.24) is 15.0 Å². The number of nitrogens with zero attached hydrogens (tertiary/aromatic N) is 3. The van der Waals surface area contributed by atoms with Gasteiger partial charge in [0.15, 0.2) is 5.69 Å². The topological polar surface area (TPSA) is 68.0 Å². The van der Waals surface area contributed by atoms with Crippen LogP contribution in [0.25, 0.3) is 5.69 Å². The molecule has 19 heavy (non-hydrogen) atoms. The first kappa shape index (κ1) is 13.7. The van der Waals surface area contributed by atoms with Gasteiger partial charge in [0.25, 0.3) is 0 Å². The van der Waals surface area contributed by atoms with Crippen LogP contribution in [0, 0.1) is 0 Å². The molecular weight excluding hydrogens is 310 g/mol. The van der Waals surface area contributed by atoms with Crippen molar-refractivity contribution in [1.29, 1.82) is 0 Å². The second kappa shape index (κ2) is 4.77. The minimum absolute atomic E-state index is 0.00424. The molecule has 0 bridgehead atoms. The summed E-state index contributed by atoms with van der Waals surface area (Å²) in [6, 6.07) is 7.48. The van der Waals surface area contributed by atoms with E-state index in [0.717, 1.165) is 10.2 Å². The maximum absolute atomic E-state index is 11.2. The van der Waals surface area contributed by atoms with Crippen LogP contribution in [0.1, 0.15) is 37.0 Å². The van der Waals surface area contributed by atoms with E-state index in [9.17, 15) is 9.90 Å². The van der Waals surface area contributed by atoms with Crippen molar-refractivity contribution < 1.29 is 9.90 Å². The van der Waals surface area contributed by atoms with Gasteiger partial charge < -0.3 is 5.11 Å². The molecule has 1 N–H and O–H groups in total. The summed E-state index contributed by atoms with van der Waals surface area (Å²) in [6.07, 6.45) is 0. The van der Waals surface area contributed by atoms with Gasteiger partial charge in [-0.3, -0.25) is 0 Å². The van der Waals surface area contributed by atoms with Crippen molar-refractivity contribution in [2.45, 2.75) is 26.2 Å². The van der Waals surface area contributed by atoms with Crippen LogP contribution >= 0.6 is 15.9 Å². The fourth-order valence-electron chi connectivity index (χ4n) is 1.86. The van der Waals surface area contributed by atoms with E-state index in [1.54, 1.807) is 4.68 Å². The smallest absolute Gasteiger partial charge is 0.358 e. The van der Waals surface area contributed by atoms with Crippen molar-refractivity contribution in [3.8, 4) is 5.69 Å². The lowest BCUT2D eigenvalue weighted by Gasteiger charge is -2.20. The van der Waals surface area contributed by atoms with E-state index < -0.39 is 5.97 Å². The third kappa shape index (κ3) is 2.68. The van der Waals surface area contributed by atoms with Crippen molar-refractivity contribution in [3.05, 3.63) is 40.1 Å². The molecule has 0 amide bonds. The SMILES string of the molecule is CC(C)(C)c1c(C(=O)O)nnn1-c1ccc(Br)cc1. The van der Waals surface area contributed by atoms with Crippen LogP contribution in [0.4, 0.5) is 0 Å². The third-order valence-corrected chi connectivity index (χ3v) is 3.18. The van der Waals surface area contributed by atoms with Gasteiger partial charge in [-0.05, 0) is 24.3 Å². The molecule has 0 aliphatic rings. The number of rotatable bonds is 2. The Kier molecular flexibility index (Phi) is 3.45. The largest absolute Gasteiger partial charge is 0.476 e. The van der Waals surface area contributed by atoms with Crippen LogP contribution in [-0.2, 0) is 5.41 Å². The Morgan fingerprint density at radius 3 is 2.32 bits per heavy atom. The summed E-state index contributed by atoms with van der Waals surface area (Å²) in [6.45, 7) is 5.81. The number of aromatic carboxylic acids is 1. The first-order valence-corrected chi connectivity index (χ1v) is 6.55. The molecule has 0 aliphatic heterocycles. The summed E-state index contributed by atoms with van der Waals surface area (Å²) < 4.78 is 2.53. The number of carboxylic acid groups (broad SMARTS) is 1. The standard InChI is InChI=1S/C13H14BrN3O2/c1-13(2,3)11-10(12(18)19)15-16-17(11)9-6-4-8(14)5-7-9/h4-7H,1-3H3,(H,18,19). The van der Waals surface area contributed by atoms with E-state index in [-0.39, 0.29) is 11.1 Å². The van der Waals surface area contributed by atoms with Crippen LogP contribution in [0.3, 0.4) is 0 Å². The predicted octanol–water partition coefficient (Wildman–Crippen LogP) is 3.03. The number of aromatic nitrogens is 3. The van der Waals surface area contributed by atoms with Gasteiger partial charge in [0.05, 0.1) is 11.4 Å². The third-order valence-electron chi connectivity index (χ3n) is 2.65. The molecule has 1 aromatic heterocycles. The Balaban J connectivity index is 2.64. The lowest BCUT2D eigenvalue weighted by molar-refractivity contribution is 0.0687. The molecule has 0 aliphatic carbocycles. The van der Waals surface area contributed by atoms with E-state index in [1.807, 2.05) is 45.0 Å². The Labute approximate surface area is 119 Å². The fraction of sp³-hybridized carbons (Fsp3) is 0.308. The number of hydrogen-bond donors (Lipinski definition) is 1. The van der Waals surface area contributed by atoms with Crippen LogP contribution in [0.2, 0.25) is 0 Å². The quantitative estimate of drug-likeness (QED) is 0.922. The summed E-state index contributed by atoms with van der Waals surface area (Å²) in [5.74, 6) is -1.06. The van der Waals surface area contributed by atoms with E-state index >= 15 is 0 Å². The fourth-order valence-corrected chi connectivity index (χ4v) is 2.13. The Morgan fingerprint density at radius 1 is 1.26 bits per heavy atom. The number of carboxylic acids is 1. The van der Waals surface area contributed by atoms with Crippen molar-refractivity contribution in [2.75, 3.05) is 0 Å². The van der Waals surface area contributed by atoms with Gasteiger partial charge in [-0.1, -0.05) is 41.9 Å².